The van der Waals surface area contributed by atoms with E-state index in [0.29, 0.717) is 0 Å². The second kappa shape index (κ2) is 20.5. The van der Waals surface area contributed by atoms with Gasteiger partial charge >= 0.3 is 29.6 Å². The molecule has 28 valence electrons. The van der Waals surface area contributed by atoms with E-state index < -0.39 is 0 Å². The van der Waals surface area contributed by atoms with Gasteiger partial charge in [-0.25, -0.2) is 0 Å². The Balaban J connectivity index is -0.0000000200. The SMILES string of the molecule is COC.[Na+].[OH-]. The summed E-state index contributed by atoms with van der Waals surface area (Å²) in [5.41, 5.74) is 0. The fourth-order valence-electron chi connectivity index (χ4n) is 0. The summed E-state index contributed by atoms with van der Waals surface area (Å²) in [6.45, 7) is 0. The smallest absolute Gasteiger partial charge is 0.870 e. The summed E-state index contributed by atoms with van der Waals surface area (Å²) in [5.74, 6) is 0. The minimum Gasteiger partial charge on any atom is -0.870 e. The van der Waals surface area contributed by atoms with Crippen molar-refractivity contribution in [2.24, 2.45) is 0 Å². The zero-order chi connectivity index (χ0) is 2.71. The van der Waals surface area contributed by atoms with Crippen LogP contribution >= 0.6 is 0 Å². The zero-order valence-electron chi connectivity index (χ0n) is 3.86. The molecule has 0 saturated heterocycles. The van der Waals surface area contributed by atoms with E-state index in [1.54, 1.807) is 14.2 Å². The van der Waals surface area contributed by atoms with Crippen LogP contribution < -0.4 is 29.6 Å². The molecule has 0 atom stereocenters. The average Bonchev–Trinajstić information content (AvgIpc) is 0.918. The summed E-state index contributed by atoms with van der Waals surface area (Å²) in [4.78, 5) is 0. The van der Waals surface area contributed by atoms with E-state index in [-0.39, 0.29) is 35.0 Å². The van der Waals surface area contributed by atoms with Crippen molar-refractivity contribution in [3.05, 3.63) is 0 Å². The fraction of sp³-hybridized carbons (Fsp3) is 1.00. The summed E-state index contributed by atoms with van der Waals surface area (Å²) >= 11 is 0. The van der Waals surface area contributed by atoms with Crippen molar-refractivity contribution >= 4 is 0 Å². The molecule has 0 saturated carbocycles. The van der Waals surface area contributed by atoms with Gasteiger partial charge in [-0.1, -0.05) is 0 Å². The van der Waals surface area contributed by atoms with Crippen LogP contribution in [0.15, 0.2) is 0 Å². The van der Waals surface area contributed by atoms with Crippen molar-refractivity contribution in [1.29, 1.82) is 0 Å². The third-order valence-electron chi connectivity index (χ3n) is 0. The van der Waals surface area contributed by atoms with Gasteiger partial charge in [-0.2, -0.15) is 0 Å². The van der Waals surface area contributed by atoms with Crippen LogP contribution in [0.5, 0.6) is 0 Å². The van der Waals surface area contributed by atoms with E-state index in [0.717, 1.165) is 0 Å². The van der Waals surface area contributed by atoms with Crippen LogP contribution in [0.25, 0.3) is 0 Å². The van der Waals surface area contributed by atoms with Crippen LogP contribution in [0.1, 0.15) is 0 Å². The van der Waals surface area contributed by atoms with Gasteiger partial charge in [0.2, 0.25) is 0 Å². The molecule has 0 spiro atoms. The van der Waals surface area contributed by atoms with Gasteiger partial charge < -0.3 is 10.2 Å². The van der Waals surface area contributed by atoms with Crippen molar-refractivity contribution in [3.8, 4) is 0 Å². The van der Waals surface area contributed by atoms with Gasteiger partial charge in [0.05, 0.1) is 0 Å². The Labute approximate surface area is 54.1 Å². The Morgan fingerprint density at radius 1 is 1.20 bits per heavy atom. The summed E-state index contributed by atoms with van der Waals surface area (Å²) in [6, 6.07) is 0. The minimum atomic E-state index is 0. The molecule has 0 fully saturated rings. The number of methoxy groups -OCH3 is 1. The Morgan fingerprint density at radius 2 is 1.20 bits per heavy atom. The Bertz CT molecular complexity index is 7.61. The standard InChI is InChI=1S/C2H6O.Na.H2O/c1-3-2;;/h1-2H3;;1H2/q;+1;/p-1. The van der Waals surface area contributed by atoms with Crippen LogP contribution in [0, 0.1) is 0 Å². The fourth-order valence-corrected chi connectivity index (χ4v) is 0. The maximum Gasteiger partial charge on any atom is 1.00 e. The first-order chi connectivity index (χ1) is 1.41. The van der Waals surface area contributed by atoms with Crippen molar-refractivity contribution in [2.75, 3.05) is 14.2 Å². The Kier molecular flexibility index (Phi) is 68.9. The molecule has 0 aromatic heterocycles. The van der Waals surface area contributed by atoms with Gasteiger partial charge in [-0.3, -0.25) is 0 Å². The van der Waals surface area contributed by atoms with Gasteiger partial charge in [0.15, 0.2) is 0 Å². The molecule has 1 N–H and O–H groups in total. The summed E-state index contributed by atoms with van der Waals surface area (Å²) in [6.07, 6.45) is 0. The third-order valence-corrected chi connectivity index (χ3v) is 0. The van der Waals surface area contributed by atoms with Gasteiger partial charge in [-0.05, 0) is 0 Å². The van der Waals surface area contributed by atoms with Crippen LogP contribution in [-0.4, -0.2) is 19.7 Å². The van der Waals surface area contributed by atoms with Gasteiger partial charge in [-0.15, -0.1) is 0 Å². The molecule has 2 nitrogen and oxygen atoms in total. The van der Waals surface area contributed by atoms with E-state index >= 15 is 0 Å². The van der Waals surface area contributed by atoms with Crippen molar-refractivity contribution < 1.29 is 39.8 Å². The predicted molar refractivity (Wildman–Crippen MR) is 14.9 cm³/mol. The molecule has 0 rings (SSSR count). The molecule has 0 aliphatic carbocycles. The van der Waals surface area contributed by atoms with Crippen LogP contribution in [0.4, 0.5) is 0 Å². The second-order valence-electron chi connectivity index (χ2n) is 0.408. The molecular weight excluding hydrogens is 79.0 g/mol. The normalized spacial score (nSPS) is 3.60. The van der Waals surface area contributed by atoms with Crippen LogP contribution in [0.3, 0.4) is 0 Å². The zero-order valence-corrected chi connectivity index (χ0v) is 5.86. The van der Waals surface area contributed by atoms with E-state index in [4.69, 9.17) is 0 Å². The first kappa shape index (κ1) is 16.8. The number of ether oxygens (including phenoxy) is 1. The van der Waals surface area contributed by atoms with Crippen molar-refractivity contribution in [2.45, 2.75) is 0 Å². The summed E-state index contributed by atoms with van der Waals surface area (Å²) in [7, 11) is 3.25. The van der Waals surface area contributed by atoms with Gasteiger partial charge in [0.25, 0.3) is 0 Å². The predicted octanol–water partition coefficient (Wildman–Crippen LogP) is -2.91. The van der Waals surface area contributed by atoms with Crippen LogP contribution in [0.2, 0.25) is 0 Å². The van der Waals surface area contributed by atoms with Crippen LogP contribution in [-0.2, 0) is 4.74 Å². The molecule has 0 aromatic rings. The average molecular weight is 86.1 g/mol. The van der Waals surface area contributed by atoms with E-state index in [2.05, 4.69) is 4.74 Å². The molecule has 0 unspecified atom stereocenters. The summed E-state index contributed by atoms with van der Waals surface area (Å²) < 4.78 is 4.25. The quantitative estimate of drug-likeness (QED) is 0.296. The number of hydrogen-bond acceptors (Lipinski definition) is 2. The summed E-state index contributed by atoms with van der Waals surface area (Å²) in [5, 5.41) is 0. The molecule has 5 heavy (non-hydrogen) atoms. The monoisotopic (exact) mass is 86.0 g/mol. The molecule has 3 heteroatoms. The number of rotatable bonds is 0. The largest absolute Gasteiger partial charge is 1.00 e. The van der Waals surface area contributed by atoms with Crippen molar-refractivity contribution in [1.82, 2.24) is 0 Å². The maximum absolute atomic E-state index is 4.25. The molecule has 0 aliphatic rings. The van der Waals surface area contributed by atoms with E-state index in [9.17, 15) is 0 Å². The molecule has 0 radical (unpaired) electrons. The maximum atomic E-state index is 4.25. The topological polar surface area (TPSA) is 39.2 Å². The molecular formula is C2H7NaO2. The van der Waals surface area contributed by atoms with E-state index in [1.165, 1.54) is 0 Å². The number of hydrogen-bond donors (Lipinski definition) is 0. The Hall–Kier alpha value is 0.920. The molecule has 0 bridgehead atoms. The molecule has 0 amide bonds. The molecule has 0 aromatic carbocycles. The van der Waals surface area contributed by atoms with Crippen molar-refractivity contribution in [3.63, 3.8) is 0 Å². The van der Waals surface area contributed by atoms with E-state index in [1.807, 2.05) is 0 Å². The molecule has 0 heterocycles. The first-order valence-electron chi connectivity index (χ1n) is 0.816. The van der Waals surface area contributed by atoms with Gasteiger partial charge in [0, 0.05) is 14.2 Å². The first-order valence-corrected chi connectivity index (χ1v) is 0.816. The Morgan fingerprint density at radius 3 is 1.20 bits per heavy atom. The second-order valence-corrected chi connectivity index (χ2v) is 0.408. The van der Waals surface area contributed by atoms with Gasteiger partial charge in [0.1, 0.15) is 0 Å². The third kappa shape index (κ3) is 49.6. The molecule has 0 aliphatic heterocycles. The minimum absolute atomic E-state index is 0.